The van der Waals surface area contributed by atoms with Gasteiger partial charge in [0, 0.05) is 46.0 Å². The summed E-state index contributed by atoms with van der Waals surface area (Å²) in [6.45, 7) is 2.64. The molecule has 0 radical (unpaired) electrons. The van der Waals surface area contributed by atoms with Crippen LogP contribution in [-0.2, 0) is 18.9 Å². The molecule has 0 saturated carbocycles. The number of aryl methyl sites for hydroxylation is 3. The summed E-state index contributed by atoms with van der Waals surface area (Å²) in [6.07, 6.45) is 2.67. The topological polar surface area (TPSA) is 59.2 Å². The van der Waals surface area contributed by atoms with Crippen molar-refractivity contribution in [2.24, 2.45) is 14.1 Å². The quantitative estimate of drug-likeness (QED) is 0.834. The van der Waals surface area contributed by atoms with Crippen LogP contribution < -0.4 is 9.80 Å². The zero-order chi connectivity index (χ0) is 15.1. The number of nitrogens with zero attached hydrogens (tertiary/aromatic N) is 6. The van der Waals surface area contributed by atoms with Crippen molar-refractivity contribution in [1.29, 1.82) is 0 Å². The highest BCUT2D eigenvalue weighted by atomic mass is 16.2. The molecule has 0 N–H and O–H groups in total. The van der Waals surface area contributed by atoms with Gasteiger partial charge in [-0.2, -0.15) is 10.2 Å². The molecule has 21 heavy (non-hydrogen) atoms. The maximum atomic E-state index is 12.7. The Bertz CT molecular complexity index is 673. The fourth-order valence-electron chi connectivity index (χ4n) is 2.85. The molecule has 1 saturated heterocycles. The van der Waals surface area contributed by atoms with Crippen LogP contribution in [-0.4, -0.2) is 45.1 Å². The van der Waals surface area contributed by atoms with Crippen molar-refractivity contribution >= 4 is 17.5 Å². The van der Waals surface area contributed by atoms with E-state index in [-0.39, 0.29) is 11.9 Å². The van der Waals surface area contributed by atoms with Crippen LogP contribution in [0.2, 0.25) is 0 Å². The van der Waals surface area contributed by atoms with Crippen LogP contribution in [0.1, 0.15) is 12.1 Å². The lowest BCUT2D eigenvalue weighted by Gasteiger charge is -2.23. The molecule has 7 heteroatoms. The number of aromatic nitrogens is 4. The molecule has 0 aliphatic carbocycles. The average molecular weight is 288 g/mol. The molecule has 0 spiro atoms. The van der Waals surface area contributed by atoms with Crippen molar-refractivity contribution in [3.05, 3.63) is 24.0 Å². The lowest BCUT2D eigenvalue weighted by atomic mass is 10.2. The van der Waals surface area contributed by atoms with Crippen molar-refractivity contribution in [3.63, 3.8) is 0 Å². The summed E-state index contributed by atoms with van der Waals surface area (Å²) in [5.74, 6) is 1.78. The second-order valence-corrected chi connectivity index (χ2v) is 5.52. The molecule has 1 amide bonds. The van der Waals surface area contributed by atoms with E-state index in [0.29, 0.717) is 6.54 Å². The minimum absolute atomic E-state index is 0.103. The Hall–Kier alpha value is -2.31. The minimum atomic E-state index is -0.171. The number of rotatable bonds is 3. The molecule has 0 aromatic carbocycles. The SMILES string of the molecule is Cc1cc(N2CCC(N(C)c3ccn(C)n3)C2=O)n(C)n1. The Labute approximate surface area is 123 Å². The fraction of sp³-hybridized carbons (Fsp3) is 0.500. The van der Waals surface area contributed by atoms with Crippen molar-refractivity contribution in [3.8, 4) is 0 Å². The highest BCUT2D eigenvalue weighted by Gasteiger charge is 2.37. The molecule has 1 unspecified atom stereocenters. The Balaban J connectivity index is 1.82. The molecule has 0 bridgehead atoms. The first-order valence-electron chi connectivity index (χ1n) is 7.02. The van der Waals surface area contributed by atoms with Gasteiger partial charge in [-0.15, -0.1) is 0 Å². The summed E-state index contributed by atoms with van der Waals surface area (Å²) in [7, 11) is 5.66. The van der Waals surface area contributed by atoms with E-state index in [9.17, 15) is 4.79 Å². The Morgan fingerprint density at radius 1 is 1.33 bits per heavy atom. The first-order chi connectivity index (χ1) is 9.97. The third-order valence-corrected chi connectivity index (χ3v) is 3.96. The van der Waals surface area contributed by atoms with Gasteiger partial charge in [0.2, 0.25) is 0 Å². The summed E-state index contributed by atoms with van der Waals surface area (Å²) >= 11 is 0. The lowest BCUT2D eigenvalue weighted by molar-refractivity contribution is -0.118. The fourth-order valence-corrected chi connectivity index (χ4v) is 2.85. The van der Waals surface area contributed by atoms with E-state index in [0.717, 1.165) is 23.8 Å². The van der Waals surface area contributed by atoms with Gasteiger partial charge in [-0.1, -0.05) is 0 Å². The van der Waals surface area contributed by atoms with Gasteiger partial charge in [0.1, 0.15) is 11.9 Å². The van der Waals surface area contributed by atoms with Gasteiger partial charge in [0.25, 0.3) is 5.91 Å². The lowest BCUT2D eigenvalue weighted by Crippen LogP contribution is -2.40. The normalized spacial score (nSPS) is 18.6. The zero-order valence-corrected chi connectivity index (χ0v) is 12.8. The van der Waals surface area contributed by atoms with E-state index in [4.69, 9.17) is 0 Å². The Kier molecular flexibility index (Phi) is 3.19. The van der Waals surface area contributed by atoms with Gasteiger partial charge < -0.3 is 4.90 Å². The van der Waals surface area contributed by atoms with Crippen LogP contribution in [0.15, 0.2) is 18.3 Å². The minimum Gasteiger partial charge on any atom is -0.346 e. The maximum Gasteiger partial charge on any atom is 0.250 e. The molecule has 1 atom stereocenters. The van der Waals surface area contributed by atoms with Crippen LogP contribution in [0, 0.1) is 6.92 Å². The van der Waals surface area contributed by atoms with E-state index >= 15 is 0 Å². The first-order valence-corrected chi connectivity index (χ1v) is 7.02. The van der Waals surface area contributed by atoms with Gasteiger partial charge in [-0.05, 0) is 13.3 Å². The predicted molar refractivity (Wildman–Crippen MR) is 80.3 cm³/mol. The second kappa shape index (κ2) is 4.91. The number of carbonyl (C=O) groups is 1. The van der Waals surface area contributed by atoms with Crippen LogP contribution in [0.4, 0.5) is 11.6 Å². The van der Waals surface area contributed by atoms with E-state index in [1.165, 1.54) is 0 Å². The first kappa shape index (κ1) is 13.7. The van der Waals surface area contributed by atoms with Crippen LogP contribution >= 0.6 is 0 Å². The molecule has 1 aliphatic heterocycles. The molecular weight excluding hydrogens is 268 g/mol. The molecule has 1 aliphatic rings. The van der Waals surface area contributed by atoms with Gasteiger partial charge in [-0.25, -0.2) is 0 Å². The largest absolute Gasteiger partial charge is 0.346 e. The van der Waals surface area contributed by atoms with E-state index in [2.05, 4.69) is 10.2 Å². The number of amides is 1. The molecule has 7 nitrogen and oxygen atoms in total. The van der Waals surface area contributed by atoms with E-state index < -0.39 is 0 Å². The summed E-state index contributed by atoms with van der Waals surface area (Å²) in [5.41, 5.74) is 0.918. The van der Waals surface area contributed by atoms with Crippen molar-refractivity contribution in [1.82, 2.24) is 19.6 Å². The number of carbonyl (C=O) groups excluding carboxylic acids is 1. The Morgan fingerprint density at radius 2 is 2.10 bits per heavy atom. The summed E-state index contributed by atoms with van der Waals surface area (Å²) < 4.78 is 3.50. The number of likely N-dealkylation sites (N-methyl/N-ethyl adjacent to an activating group) is 1. The maximum absolute atomic E-state index is 12.7. The molecule has 3 rings (SSSR count). The van der Waals surface area contributed by atoms with Gasteiger partial charge >= 0.3 is 0 Å². The van der Waals surface area contributed by atoms with E-state index in [1.54, 1.807) is 9.36 Å². The van der Waals surface area contributed by atoms with Gasteiger partial charge in [0.05, 0.1) is 5.69 Å². The van der Waals surface area contributed by atoms with Crippen molar-refractivity contribution in [2.45, 2.75) is 19.4 Å². The molecule has 3 heterocycles. The summed E-state index contributed by atoms with van der Waals surface area (Å²) in [4.78, 5) is 16.5. The summed E-state index contributed by atoms with van der Waals surface area (Å²) in [5, 5.41) is 8.68. The molecule has 112 valence electrons. The zero-order valence-electron chi connectivity index (χ0n) is 12.8. The standard InChI is InChI=1S/C14H20N6O/c1-10-9-13(19(4)15-10)20-8-5-11(14(20)21)18(3)12-6-7-17(2)16-12/h6-7,9,11H,5,8H2,1-4H3. The number of hydrogen-bond acceptors (Lipinski definition) is 4. The monoisotopic (exact) mass is 288 g/mol. The molecule has 1 fully saturated rings. The number of hydrogen-bond donors (Lipinski definition) is 0. The average Bonchev–Trinajstić information content (AvgIpc) is 3.09. The van der Waals surface area contributed by atoms with Gasteiger partial charge in [0.15, 0.2) is 5.82 Å². The highest BCUT2D eigenvalue weighted by Crippen LogP contribution is 2.26. The van der Waals surface area contributed by atoms with Crippen LogP contribution in [0.25, 0.3) is 0 Å². The third-order valence-electron chi connectivity index (χ3n) is 3.96. The van der Waals surface area contributed by atoms with Crippen LogP contribution in [0.3, 0.4) is 0 Å². The Morgan fingerprint density at radius 3 is 2.67 bits per heavy atom. The smallest absolute Gasteiger partial charge is 0.250 e. The van der Waals surface area contributed by atoms with Crippen molar-refractivity contribution < 1.29 is 4.79 Å². The molecular formula is C14H20N6O. The third kappa shape index (κ3) is 2.28. The van der Waals surface area contributed by atoms with E-state index in [1.807, 2.05) is 56.2 Å². The second-order valence-electron chi connectivity index (χ2n) is 5.52. The predicted octanol–water partition coefficient (Wildman–Crippen LogP) is 0.704. The number of anilines is 2. The molecule has 2 aromatic heterocycles. The highest BCUT2D eigenvalue weighted by molar-refractivity contribution is 6.00. The van der Waals surface area contributed by atoms with Crippen molar-refractivity contribution in [2.75, 3.05) is 23.4 Å². The molecule has 2 aromatic rings. The van der Waals surface area contributed by atoms with Gasteiger partial charge in [-0.3, -0.25) is 19.1 Å². The van der Waals surface area contributed by atoms with Crippen LogP contribution in [0.5, 0.6) is 0 Å². The summed E-state index contributed by atoms with van der Waals surface area (Å²) in [6, 6.07) is 3.70.